The van der Waals surface area contributed by atoms with E-state index in [0.29, 0.717) is 22.0 Å². The van der Waals surface area contributed by atoms with Crippen LogP contribution in [0.3, 0.4) is 0 Å². The molecule has 0 saturated carbocycles. The molecular formula is C13H10N4O2S. The molecule has 0 radical (unpaired) electrons. The van der Waals surface area contributed by atoms with Crippen LogP contribution >= 0.6 is 11.3 Å². The number of para-hydroxylation sites is 1. The van der Waals surface area contributed by atoms with E-state index in [0.717, 1.165) is 0 Å². The van der Waals surface area contributed by atoms with Crippen molar-refractivity contribution in [3.8, 4) is 16.6 Å². The maximum absolute atomic E-state index is 11.0. The van der Waals surface area contributed by atoms with Gasteiger partial charge in [0, 0.05) is 17.1 Å². The molecule has 2 N–H and O–H groups in total. The van der Waals surface area contributed by atoms with Crippen molar-refractivity contribution in [2.45, 2.75) is 6.92 Å². The summed E-state index contributed by atoms with van der Waals surface area (Å²) >= 11 is 1.24. The normalized spacial score (nSPS) is 11.6. The zero-order valence-corrected chi connectivity index (χ0v) is 11.3. The Morgan fingerprint density at radius 1 is 1.50 bits per heavy atom. The van der Waals surface area contributed by atoms with Crippen LogP contribution in [0.1, 0.15) is 12.6 Å². The van der Waals surface area contributed by atoms with Crippen molar-refractivity contribution in [3.05, 3.63) is 51.2 Å². The van der Waals surface area contributed by atoms with Crippen molar-refractivity contribution < 1.29 is 4.92 Å². The molecule has 0 atom stereocenters. The van der Waals surface area contributed by atoms with E-state index in [2.05, 4.69) is 4.98 Å². The monoisotopic (exact) mass is 286 g/mol. The number of hydrogen-bond donors (Lipinski definition) is 1. The number of nitrogens with two attached hydrogens (primary N) is 1. The van der Waals surface area contributed by atoms with Gasteiger partial charge in [-0.25, -0.2) is 4.98 Å². The van der Waals surface area contributed by atoms with Crippen molar-refractivity contribution in [2.75, 3.05) is 0 Å². The van der Waals surface area contributed by atoms with Gasteiger partial charge in [0.2, 0.25) is 0 Å². The average molecular weight is 286 g/mol. The zero-order chi connectivity index (χ0) is 14.7. The lowest BCUT2D eigenvalue weighted by molar-refractivity contribution is -0.384. The molecule has 0 unspecified atom stereocenters. The Kier molecular flexibility index (Phi) is 3.77. The van der Waals surface area contributed by atoms with Crippen LogP contribution in [0.5, 0.6) is 0 Å². The number of hydrogen-bond acceptors (Lipinski definition) is 6. The quantitative estimate of drug-likeness (QED) is 0.530. The molecule has 0 aliphatic carbocycles. The summed E-state index contributed by atoms with van der Waals surface area (Å²) in [7, 11) is 0. The van der Waals surface area contributed by atoms with Crippen molar-refractivity contribution in [1.82, 2.24) is 4.98 Å². The van der Waals surface area contributed by atoms with E-state index in [4.69, 9.17) is 11.0 Å². The van der Waals surface area contributed by atoms with E-state index in [1.165, 1.54) is 17.4 Å². The predicted octanol–water partition coefficient (Wildman–Crippen LogP) is 2.93. The molecule has 1 aromatic heterocycles. The standard InChI is InChI=1S/C13H10N4O2S/c1-8(15)10(6-14)11-7-20-13(16-11)9-4-2-3-5-12(9)17(18)19/h2-5,7H,15H2,1H3. The Morgan fingerprint density at radius 2 is 2.20 bits per heavy atom. The second-order valence-corrected chi connectivity index (χ2v) is 4.84. The summed E-state index contributed by atoms with van der Waals surface area (Å²) in [6.45, 7) is 1.61. The third-order valence-electron chi connectivity index (χ3n) is 2.60. The van der Waals surface area contributed by atoms with Gasteiger partial charge in [-0.3, -0.25) is 10.1 Å². The number of nitro groups is 1. The summed E-state index contributed by atoms with van der Waals surface area (Å²) in [5, 5.41) is 22.2. The first-order valence-corrected chi connectivity index (χ1v) is 6.48. The highest BCUT2D eigenvalue weighted by Gasteiger charge is 2.18. The van der Waals surface area contributed by atoms with Crippen LogP contribution in [0.2, 0.25) is 0 Å². The lowest BCUT2D eigenvalue weighted by atomic mass is 10.1. The number of allylic oxidation sites excluding steroid dienone is 2. The second kappa shape index (κ2) is 5.50. The molecule has 2 rings (SSSR count). The van der Waals surface area contributed by atoms with Crippen LogP contribution in [-0.2, 0) is 0 Å². The first-order valence-electron chi connectivity index (χ1n) is 5.60. The van der Waals surface area contributed by atoms with Crippen molar-refractivity contribution >= 4 is 22.6 Å². The molecule has 0 aliphatic heterocycles. The lowest BCUT2D eigenvalue weighted by Gasteiger charge is -1.98. The molecule has 1 aromatic carbocycles. The molecule has 0 saturated heterocycles. The third-order valence-corrected chi connectivity index (χ3v) is 3.47. The summed E-state index contributed by atoms with van der Waals surface area (Å²) in [5.41, 5.74) is 7.12. The third kappa shape index (κ3) is 2.50. The van der Waals surface area contributed by atoms with Gasteiger partial charge < -0.3 is 5.73 Å². The van der Waals surface area contributed by atoms with Gasteiger partial charge in [0.1, 0.15) is 11.1 Å². The van der Waals surface area contributed by atoms with Gasteiger partial charge in [0.15, 0.2) is 0 Å². The van der Waals surface area contributed by atoms with Gasteiger partial charge in [0.25, 0.3) is 5.69 Å². The lowest BCUT2D eigenvalue weighted by Crippen LogP contribution is -1.97. The Bertz CT molecular complexity index is 739. The first-order chi connectivity index (χ1) is 9.54. The highest BCUT2D eigenvalue weighted by molar-refractivity contribution is 7.13. The number of nitrogens with zero attached hydrogens (tertiary/aromatic N) is 3. The van der Waals surface area contributed by atoms with Crippen LogP contribution in [-0.4, -0.2) is 9.91 Å². The fourth-order valence-electron chi connectivity index (χ4n) is 1.67. The van der Waals surface area contributed by atoms with E-state index in [-0.39, 0.29) is 11.3 Å². The molecule has 0 bridgehead atoms. The van der Waals surface area contributed by atoms with Gasteiger partial charge in [-0.1, -0.05) is 12.1 Å². The highest BCUT2D eigenvalue weighted by atomic mass is 32.1. The van der Waals surface area contributed by atoms with Gasteiger partial charge in [-0.2, -0.15) is 5.26 Å². The number of nitro benzene ring substituents is 1. The van der Waals surface area contributed by atoms with Gasteiger partial charge >= 0.3 is 0 Å². The fourth-order valence-corrected chi connectivity index (χ4v) is 2.52. The first kappa shape index (κ1) is 13.7. The molecule has 2 aromatic rings. The molecule has 100 valence electrons. The minimum Gasteiger partial charge on any atom is -0.401 e. The van der Waals surface area contributed by atoms with E-state index in [9.17, 15) is 10.1 Å². The van der Waals surface area contributed by atoms with E-state index >= 15 is 0 Å². The summed E-state index contributed by atoms with van der Waals surface area (Å²) in [5.74, 6) is 0. The number of nitriles is 1. The Labute approximate surface area is 119 Å². The molecular weight excluding hydrogens is 276 g/mol. The molecule has 0 amide bonds. The molecule has 20 heavy (non-hydrogen) atoms. The van der Waals surface area contributed by atoms with E-state index in [1.807, 2.05) is 6.07 Å². The van der Waals surface area contributed by atoms with Gasteiger partial charge in [-0.15, -0.1) is 11.3 Å². The molecule has 1 heterocycles. The van der Waals surface area contributed by atoms with Crippen LogP contribution < -0.4 is 5.73 Å². The Morgan fingerprint density at radius 3 is 2.80 bits per heavy atom. The summed E-state index contributed by atoms with van der Waals surface area (Å²) in [4.78, 5) is 14.8. The van der Waals surface area contributed by atoms with Crippen LogP contribution in [0.25, 0.3) is 16.1 Å². The minimum absolute atomic E-state index is 0.0136. The minimum atomic E-state index is -0.453. The van der Waals surface area contributed by atoms with Gasteiger partial charge in [0.05, 0.1) is 21.8 Å². The number of aromatic nitrogens is 1. The Hall–Kier alpha value is -2.72. The maximum atomic E-state index is 11.0. The number of rotatable bonds is 3. The number of benzene rings is 1. The zero-order valence-electron chi connectivity index (χ0n) is 10.5. The second-order valence-electron chi connectivity index (χ2n) is 3.98. The van der Waals surface area contributed by atoms with Gasteiger partial charge in [-0.05, 0) is 13.0 Å². The Balaban J connectivity index is 2.53. The van der Waals surface area contributed by atoms with E-state index < -0.39 is 4.92 Å². The fraction of sp³-hybridized carbons (Fsp3) is 0.0769. The molecule has 0 fully saturated rings. The highest BCUT2D eigenvalue weighted by Crippen LogP contribution is 2.33. The van der Waals surface area contributed by atoms with Crippen LogP contribution in [0, 0.1) is 21.4 Å². The van der Waals surface area contributed by atoms with Crippen molar-refractivity contribution in [3.63, 3.8) is 0 Å². The van der Waals surface area contributed by atoms with E-state index in [1.54, 1.807) is 30.5 Å². The largest absolute Gasteiger partial charge is 0.401 e. The summed E-state index contributed by atoms with van der Waals surface area (Å²) in [6, 6.07) is 8.34. The molecule has 6 nitrogen and oxygen atoms in total. The predicted molar refractivity (Wildman–Crippen MR) is 76.6 cm³/mol. The molecule has 7 heteroatoms. The summed E-state index contributed by atoms with van der Waals surface area (Å²) in [6.07, 6.45) is 0. The molecule has 0 aliphatic rings. The van der Waals surface area contributed by atoms with Crippen molar-refractivity contribution in [1.29, 1.82) is 5.26 Å². The smallest absolute Gasteiger partial charge is 0.279 e. The van der Waals surface area contributed by atoms with Crippen LogP contribution in [0.15, 0.2) is 35.3 Å². The molecule has 0 spiro atoms. The SMILES string of the molecule is CC(N)=C(C#N)c1csc(-c2ccccc2[N+](=O)[O-])n1. The summed E-state index contributed by atoms with van der Waals surface area (Å²) < 4.78 is 0. The topological polar surface area (TPSA) is 106 Å². The van der Waals surface area contributed by atoms with Crippen molar-refractivity contribution in [2.24, 2.45) is 5.73 Å². The van der Waals surface area contributed by atoms with Crippen LogP contribution in [0.4, 0.5) is 5.69 Å². The number of thiazole rings is 1. The average Bonchev–Trinajstić information content (AvgIpc) is 2.88. The maximum Gasteiger partial charge on any atom is 0.279 e.